The molecule has 1 saturated carbocycles. The van der Waals surface area contributed by atoms with Crippen molar-refractivity contribution in [3.05, 3.63) is 0 Å². The number of hydrogen-bond donors (Lipinski definition) is 1. The fourth-order valence-electron chi connectivity index (χ4n) is 1.66. The molecule has 1 fully saturated rings. The average Bonchev–Trinajstić information content (AvgIpc) is 2.05. The fourth-order valence-corrected chi connectivity index (χ4v) is 1.66. The topological polar surface area (TPSA) is 37.3 Å². The fraction of sp³-hybridized carbons (Fsp3) is 0.700. The molecule has 66 valence electrons. The zero-order valence-electron chi connectivity index (χ0n) is 7.18. The first-order valence-corrected chi connectivity index (χ1v) is 4.51. The zero-order valence-corrected chi connectivity index (χ0v) is 7.18. The minimum absolute atomic E-state index is 0.658. The molecule has 0 aromatic carbocycles. The maximum absolute atomic E-state index is 10.1. The molecule has 0 bridgehead atoms. The van der Waals surface area contributed by atoms with Gasteiger partial charge in [-0.25, -0.2) is 4.79 Å². The van der Waals surface area contributed by atoms with Crippen LogP contribution in [0.3, 0.4) is 0 Å². The molecule has 2 nitrogen and oxygen atoms in total. The first kappa shape index (κ1) is 9.12. The van der Waals surface area contributed by atoms with Crippen LogP contribution in [0.4, 0.5) is 0 Å². The van der Waals surface area contributed by atoms with Gasteiger partial charge < -0.3 is 5.11 Å². The lowest BCUT2D eigenvalue weighted by atomic mass is 9.87. The van der Waals surface area contributed by atoms with Gasteiger partial charge in [-0.3, -0.25) is 0 Å². The van der Waals surface area contributed by atoms with E-state index in [1.807, 2.05) is 0 Å². The van der Waals surface area contributed by atoms with Crippen LogP contribution < -0.4 is 0 Å². The molecule has 0 spiro atoms. The zero-order chi connectivity index (χ0) is 8.81. The molecular formula is C10H14O2. The van der Waals surface area contributed by atoms with Crippen molar-refractivity contribution in [3.63, 3.8) is 0 Å². The first-order chi connectivity index (χ1) is 5.79. The van der Waals surface area contributed by atoms with Crippen LogP contribution in [0.25, 0.3) is 0 Å². The molecule has 0 unspecified atom stereocenters. The smallest absolute Gasteiger partial charge is 0.381 e. The third-order valence-electron chi connectivity index (χ3n) is 2.31. The number of carboxylic acid groups (broad SMARTS) is 1. The Hall–Kier alpha value is -0.970. The van der Waals surface area contributed by atoms with E-state index >= 15 is 0 Å². The van der Waals surface area contributed by atoms with E-state index in [0.717, 1.165) is 6.42 Å². The Labute approximate surface area is 73.0 Å². The van der Waals surface area contributed by atoms with Gasteiger partial charge in [-0.1, -0.05) is 25.2 Å². The summed E-state index contributed by atoms with van der Waals surface area (Å²) in [5.41, 5.74) is 0. The SMILES string of the molecule is O=C(O)C#CCC1CCCCC1. The van der Waals surface area contributed by atoms with Crippen LogP contribution in [0.5, 0.6) is 0 Å². The lowest BCUT2D eigenvalue weighted by Gasteiger charge is -2.18. The number of carboxylic acids is 1. The summed E-state index contributed by atoms with van der Waals surface area (Å²) < 4.78 is 0. The molecule has 12 heavy (non-hydrogen) atoms. The number of rotatable bonds is 1. The third-order valence-corrected chi connectivity index (χ3v) is 2.31. The number of carbonyl (C=O) groups is 1. The number of hydrogen-bond acceptors (Lipinski definition) is 1. The Balaban J connectivity index is 2.22. The van der Waals surface area contributed by atoms with Crippen LogP contribution in [-0.4, -0.2) is 11.1 Å². The molecule has 0 amide bonds. The van der Waals surface area contributed by atoms with Gasteiger partial charge in [0.05, 0.1) is 0 Å². The quantitative estimate of drug-likeness (QED) is 0.605. The second kappa shape index (κ2) is 4.82. The second-order valence-corrected chi connectivity index (χ2v) is 3.32. The van der Waals surface area contributed by atoms with E-state index in [1.54, 1.807) is 0 Å². The molecule has 1 aliphatic carbocycles. The summed E-state index contributed by atoms with van der Waals surface area (Å²) in [7, 11) is 0. The highest BCUT2D eigenvalue weighted by Gasteiger charge is 2.11. The molecule has 1 rings (SSSR count). The number of aliphatic carboxylic acids is 1. The minimum Gasteiger partial charge on any atom is -0.472 e. The summed E-state index contributed by atoms with van der Waals surface area (Å²) in [6.45, 7) is 0. The molecule has 0 aliphatic heterocycles. The largest absolute Gasteiger partial charge is 0.472 e. The van der Waals surface area contributed by atoms with Gasteiger partial charge >= 0.3 is 5.97 Å². The second-order valence-electron chi connectivity index (χ2n) is 3.32. The van der Waals surface area contributed by atoms with Gasteiger partial charge in [0.2, 0.25) is 0 Å². The van der Waals surface area contributed by atoms with E-state index in [-0.39, 0.29) is 0 Å². The van der Waals surface area contributed by atoms with Crippen molar-refractivity contribution in [2.75, 3.05) is 0 Å². The molecule has 2 heteroatoms. The van der Waals surface area contributed by atoms with Crippen molar-refractivity contribution in [3.8, 4) is 11.8 Å². The Morgan fingerprint density at radius 1 is 1.33 bits per heavy atom. The third kappa shape index (κ3) is 3.43. The standard InChI is InChI=1S/C10H14O2/c11-10(12)8-4-7-9-5-2-1-3-6-9/h9H,1-3,5-7H2,(H,11,12). The Bertz CT molecular complexity index is 204. The monoisotopic (exact) mass is 166 g/mol. The lowest BCUT2D eigenvalue weighted by Crippen LogP contribution is -2.04. The van der Waals surface area contributed by atoms with E-state index < -0.39 is 5.97 Å². The summed E-state index contributed by atoms with van der Waals surface area (Å²) in [6.07, 6.45) is 7.15. The Kier molecular flexibility index (Phi) is 3.66. The van der Waals surface area contributed by atoms with Crippen molar-refractivity contribution >= 4 is 5.97 Å². The molecule has 0 atom stereocenters. The van der Waals surface area contributed by atoms with Crippen molar-refractivity contribution in [2.45, 2.75) is 38.5 Å². The Morgan fingerprint density at radius 2 is 2.00 bits per heavy atom. The maximum atomic E-state index is 10.1. The summed E-state index contributed by atoms with van der Waals surface area (Å²) in [6, 6.07) is 0. The lowest BCUT2D eigenvalue weighted by molar-refractivity contribution is -0.130. The van der Waals surface area contributed by atoms with Crippen molar-refractivity contribution in [1.29, 1.82) is 0 Å². The molecule has 1 aliphatic rings. The predicted octanol–water partition coefficient (Wildman–Crippen LogP) is 2.04. The Morgan fingerprint density at radius 3 is 2.58 bits per heavy atom. The van der Waals surface area contributed by atoms with Gasteiger partial charge in [-0.05, 0) is 18.8 Å². The molecule has 0 heterocycles. The normalized spacial score (nSPS) is 18.0. The average molecular weight is 166 g/mol. The van der Waals surface area contributed by atoms with E-state index in [9.17, 15) is 4.79 Å². The van der Waals surface area contributed by atoms with Gasteiger partial charge in [-0.2, -0.15) is 0 Å². The van der Waals surface area contributed by atoms with Crippen LogP contribution in [0.2, 0.25) is 0 Å². The van der Waals surface area contributed by atoms with E-state index in [4.69, 9.17) is 5.11 Å². The van der Waals surface area contributed by atoms with Gasteiger partial charge in [0, 0.05) is 12.3 Å². The van der Waals surface area contributed by atoms with Crippen LogP contribution >= 0.6 is 0 Å². The van der Waals surface area contributed by atoms with Crippen LogP contribution in [0.1, 0.15) is 38.5 Å². The first-order valence-electron chi connectivity index (χ1n) is 4.51. The van der Waals surface area contributed by atoms with Crippen molar-refractivity contribution in [1.82, 2.24) is 0 Å². The molecule has 0 saturated heterocycles. The summed E-state index contributed by atoms with van der Waals surface area (Å²) >= 11 is 0. The highest BCUT2D eigenvalue weighted by molar-refractivity contribution is 5.86. The highest BCUT2D eigenvalue weighted by atomic mass is 16.4. The highest BCUT2D eigenvalue weighted by Crippen LogP contribution is 2.25. The minimum atomic E-state index is -1.01. The van der Waals surface area contributed by atoms with Gasteiger partial charge in [0.1, 0.15) is 0 Å². The van der Waals surface area contributed by atoms with E-state index in [1.165, 1.54) is 32.1 Å². The van der Waals surface area contributed by atoms with Crippen LogP contribution in [0.15, 0.2) is 0 Å². The van der Waals surface area contributed by atoms with Gasteiger partial charge in [0.15, 0.2) is 0 Å². The van der Waals surface area contributed by atoms with Crippen LogP contribution in [-0.2, 0) is 4.79 Å². The summed E-state index contributed by atoms with van der Waals surface area (Å²) in [5, 5.41) is 8.27. The maximum Gasteiger partial charge on any atom is 0.381 e. The molecule has 0 radical (unpaired) electrons. The van der Waals surface area contributed by atoms with Crippen molar-refractivity contribution in [2.24, 2.45) is 5.92 Å². The predicted molar refractivity (Wildman–Crippen MR) is 46.6 cm³/mol. The van der Waals surface area contributed by atoms with Gasteiger partial charge in [-0.15, -0.1) is 0 Å². The summed E-state index contributed by atoms with van der Waals surface area (Å²) in [5.74, 6) is 4.51. The van der Waals surface area contributed by atoms with E-state index in [2.05, 4.69) is 11.8 Å². The molecular weight excluding hydrogens is 152 g/mol. The molecule has 1 N–H and O–H groups in total. The molecule has 0 aromatic rings. The summed E-state index contributed by atoms with van der Waals surface area (Å²) in [4.78, 5) is 10.1. The van der Waals surface area contributed by atoms with Crippen molar-refractivity contribution < 1.29 is 9.90 Å². The van der Waals surface area contributed by atoms with Gasteiger partial charge in [0.25, 0.3) is 0 Å². The van der Waals surface area contributed by atoms with Crippen LogP contribution in [0, 0.1) is 17.8 Å². The molecule has 0 aromatic heterocycles. The van der Waals surface area contributed by atoms with E-state index in [0.29, 0.717) is 5.92 Å².